The normalized spacial score (nSPS) is 30.8. The van der Waals surface area contributed by atoms with E-state index in [-0.39, 0.29) is 48.2 Å². The second-order valence-corrected chi connectivity index (χ2v) is 12.0. The number of fused-ring (bicyclic) bond motifs is 1. The zero-order valence-corrected chi connectivity index (χ0v) is 22.3. The van der Waals surface area contributed by atoms with Crippen molar-refractivity contribution in [2.24, 2.45) is 11.8 Å². The van der Waals surface area contributed by atoms with Gasteiger partial charge in [0.05, 0.1) is 40.5 Å². The van der Waals surface area contributed by atoms with Crippen LogP contribution in [0.25, 0.3) is 0 Å². The molecule has 3 aliphatic rings. The van der Waals surface area contributed by atoms with Crippen molar-refractivity contribution in [2.75, 3.05) is 31.2 Å². The minimum atomic E-state index is -0.871. The Balaban J connectivity index is 1.75. The van der Waals surface area contributed by atoms with Gasteiger partial charge < -0.3 is 19.6 Å². The lowest BCUT2D eigenvalue weighted by atomic mass is 9.71. The molecule has 6 atom stereocenters. The first-order chi connectivity index (χ1) is 16.8. The molecule has 2 bridgehead atoms. The predicted octanol–water partition coefficient (Wildman–Crippen LogP) is 3.44. The van der Waals surface area contributed by atoms with Crippen LogP contribution in [0.1, 0.15) is 12.8 Å². The molecule has 35 heavy (non-hydrogen) atoms. The Labute approximate surface area is 222 Å². The summed E-state index contributed by atoms with van der Waals surface area (Å²) in [5.41, 5.74) is 0.517. The summed E-state index contributed by atoms with van der Waals surface area (Å²) in [6.07, 6.45) is 4.33. The number of para-hydroxylation sites is 1. The van der Waals surface area contributed by atoms with E-state index in [0.717, 1.165) is 0 Å². The lowest BCUT2D eigenvalue weighted by molar-refractivity contribution is -0.154. The number of alkyl halides is 1. The van der Waals surface area contributed by atoms with Gasteiger partial charge in [0.2, 0.25) is 5.91 Å². The highest BCUT2D eigenvalue weighted by molar-refractivity contribution is 9.09. The Morgan fingerprint density at radius 2 is 2.09 bits per heavy atom. The summed E-state index contributed by atoms with van der Waals surface area (Å²) in [5, 5.41) is 9.98. The molecule has 1 N–H and O–H groups in total. The number of esters is 1. The highest BCUT2D eigenvalue weighted by Crippen LogP contribution is 2.68. The number of ether oxygens (including phenoxy) is 1. The van der Waals surface area contributed by atoms with Crippen LogP contribution in [0.3, 0.4) is 0 Å². The number of aliphatic hydroxyl groups excluding tert-OH is 1. The van der Waals surface area contributed by atoms with Gasteiger partial charge in [0, 0.05) is 23.2 Å². The maximum absolute atomic E-state index is 14.2. The van der Waals surface area contributed by atoms with Gasteiger partial charge in [0.1, 0.15) is 6.04 Å². The summed E-state index contributed by atoms with van der Waals surface area (Å²) in [6.45, 7) is 7.52. The number of halogens is 2. The zero-order chi connectivity index (χ0) is 25.3. The van der Waals surface area contributed by atoms with Crippen LogP contribution >= 0.6 is 39.3 Å². The molecule has 2 amide bonds. The minimum Gasteiger partial charge on any atom is -0.465 e. The molecule has 1 spiro atoms. The Bertz CT molecular complexity index is 1040. The number of carbonyl (C=O) groups excluding carboxylic acids is 3. The summed E-state index contributed by atoms with van der Waals surface area (Å²) in [6, 6.07) is 6.15. The van der Waals surface area contributed by atoms with Crippen LogP contribution in [0.4, 0.5) is 5.69 Å². The van der Waals surface area contributed by atoms with E-state index in [9.17, 15) is 19.5 Å². The third-order valence-electron chi connectivity index (χ3n) is 6.92. The van der Waals surface area contributed by atoms with E-state index in [4.69, 9.17) is 16.3 Å². The van der Waals surface area contributed by atoms with Gasteiger partial charge in [-0.05, 0) is 25.0 Å². The van der Waals surface area contributed by atoms with Crippen molar-refractivity contribution in [3.63, 3.8) is 0 Å². The molecule has 7 nitrogen and oxygen atoms in total. The van der Waals surface area contributed by atoms with Gasteiger partial charge in [-0.3, -0.25) is 14.4 Å². The number of hydrogen-bond acceptors (Lipinski definition) is 6. The fourth-order valence-corrected chi connectivity index (χ4v) is 9.45. The van der Waals surface area contributed by atoms with Crippen molar-refractivity contribution in [1.82, 2.24) is 4.90 Å². The molecular weight excluding hydrogens is 556 g/mol. The van der Waals surface area contributed by atoms with Gasteiger partial charge in [-0.2, -0.15) is 0 Å². The first-order valence-electron chi connectivity index (χ1n) is 11.5. The molecule has 188 valence electrons. The average Bonchev–Trinajstić information content (AvgIpc) is 3.42. The first kappa shape index (κ1) is 26.3. The molecule has 3 aliphatic heterocycles. The number of anilines is 1. The smallest absolute Gasteiger partial charge is 0.310 e. The molecule has 10 heteroatoms. The second kappa shape index (κ2) is 10.7. The highest BCUT2D eigenvalue weighted by atomic mass is 79.9. The van der Waals surface area contributed by atoms with Gasteiger partial charge in [0.15, 0.2) is 0 Å². The Morgan fingerprint density at radius 3 is 2.74 bits per heavy atom. The maximum Gasteiger partial charge on any atom is 0.310 e. The molecule has 0 aromatic heterocycles. The third-order valence-corrected chi connectivity index (χ3v) is 10.5. The van der Waals surface area contributed by atoms with E-state index in [1.54, 1.807) is 36.4 Å². The van der Waals surface area contributed by atoms with E-state index in [1.165, 1.54) is 21.6 Å². The molecule has 0 aliphatic carbocycles. The number of likely N-dealkylation sites (tertiary alicyclic amines) is 1. The highest BCUT2D eigenvalue weighted by Gasteiger charge is 2.76. The van der Waals surface area contributed by atoms with Crippen molar-refractivity contribution in [2.45, 2.75) is 33.7 Å². The van der Waals surface area contributed by atoms with Gasteiger partial charge >= 0.3 is 5.97 Å². The lowest BCUT2D eigenvalue weighted by Gasteiger charge is -2.37. The van der Waals surface area contributed by atoms with Gasteiger partial charge in [0.25, 0.3) is 5.91 Å². The Morgan fingerprint density at radius 1 is 1.34 bits per heavy atom. The number of β-amino-alcohol motifs (C(OH)–C–C–N with tert-alkyl or cyclic N) is 1. The van der Waals surface area contributed by atoms with Crippen molar-refractivity contribution < 1.29 is 24.2 Å². The number of amides is 2. The van der Waals surface area contributed by atoms with Crippen LogP contribution < -0.4 is 4.90 Å². The quantitative estimate of drug-likeness (QED) is 0.197. The minimum absolute atomic E-state index is 0.00560. The summed E-state index contributed by atoms with van der Waals surface area (Å²) < 4.78 is 4.66. The fraction of sp³-hybridized carbons (Fsp3) is 0.480. The lowest BCUT2D eigenvalue weighted by Crippen LogP contribution is -2.56. The van der Waals surface area contributed by atoms with Crippen LogP contribution in [0.5, 0.6) is 0 Å². The van der Waals surface area contributed by atoms with E-state index in [0.29, 0.717) is 23.6 Å². The number of rotatable bonds is 10. The third kappa shape index (κ3) is 4.34. The molecule has 0 saturated carbocycles. The molecule has 3 heterocycles. The standard InChI is InChI=1S/C25H28BrClN2O5S/c1-3-5-13-34-24(33)18-19-22(31)29(11-12-30)21(25(19)14-15(26)20(18)35-25)23(32)28(10-4-2)17-9-7-6-8-16(17)27/h3-4,6-9,15,18-21,30H,1-2,5,10-14H2/t15?,18-,19+,20-,21?,25?/m1/s1. The maximum atomic E-state index is 14.2. The molecule has 1 aromatic carbocycles. The Kier molecular flexibility index (Phi) is 8.00. The van der Waals surface area contributed by atoms with Crippen LogP contribution in [0.2, 0.25) is 5.02 Å². The van der Waals surface area contributed by atoms with E-state index >= 15 is 0 Å². The second-order valence-electron chi connectivity index (χ2n) is 8.85. The molecular formula is C25H28BrClN2O5S. The summed E-state index contributed by atoms with van der Waals surface area (Å²) in [4.78, 5) is 44.0. The van der Waals surface area contributed by atoms with Crippen molar-refractivity contribution in [3.8, 4) is 0 Å². The molecule has 4 rings (SSSR count). The van der Waals surface area contributed by atoms with E-state index in [1.807, 2.05) is 0 Å². The molecule has 3 fully saturated rings. The topological polar surface area (TPSA) is 87.2 Å². The number of thioether (sulfide) groups is 1. The van der Waals surface area contributed by atoms with Crippen LogP contribution in [-0.4, -0.2) is 75.0 Å². The number of aliphatic hydroxyl groups is 1. The molecule has 3 saturated heterocycles. The average molecular weight is 584 g/mol. The largest absolute Gasteiger partial charge is 0.465 e. The number of hydrogen-bond donors (Lipinski definition) is 1. The van der Waals surface area contributed by atoms with Crippen molar-refractivity contribution in [3.05, 3.63) is 54.6 Å². The van der Waals surface area contributed by atoms with Crippen LogP contribution in [-0.2, 0) is 19.1 Å². The molecule has 0 radical (unpaired) electrons. The summed E-state index contributed by atoms with van der Waals surface area (Å²) >= 11 is 11.7. The van der Waals surface area contributed by atoms with Gasteiger partial charge in [-0.25, -0.2) is 0 Å². The molecule has 3 unspecified atom stereocenters. The Hall–Kier alpha value is -1.81. The molecule has 1 aromatic rings. The van der Waals surface area contributed by atoms with E-state index in [2.05, 4.69) is 29.1 Å². The van der Waals surface area contributed by atoms with Crippen LogP contribution in [0.15, 0.2) is 49.6 Å². The predicted molar refractivity (Wildman–Crippen MR) is 141 cm³/mol. The van der Waals surface area contributed by atoms with Crippen molar-refractivity contribution in [1.29, 1.82) is 0 Å². The SMILES string of the molecule is C=CCCOC(=O)[C@H]1[C@@H]2SC3(CC2Br)C(C(=O)N(CC=C)c2ccccc2Cl)N(CCO)C(=O)[C@H]13. The monoisotopic (exact) mass is 582 g/mol. The summed E-state index contributed by atoms with van der Waals surface area (Å²) in [7, 11) is 0. The van der Waals surface area contributed by atoms with Gasteiger partial charge in [-0.15, -0.1) is 24.9 Å². The number of benzene rings is 1. The number of carbonyl (C=O) groups is 3. The number of nitrogens with zero attached hydrogens (tertiary/aromatic N) is 2. The van der Waals surface area contributed by atoms with Crippen LogP contribution in [0, 0.1) is 11.8 Å². The fourth-order valence-electron chi connectivity index (χ4n) is 5.62. The first-order valence-corrected chi connectivity index (χ1v) is 13.7. The zero-order valence-electron chi connectivity index (χ0n) is 19.1. The van der Waals surface area contributed by atoms with E-state index < -0.39 is 28.6 Å². The summed E-state index contributed by atoms with van der Waals surface area (Å²) in [5.74, 6) is -2.42. The van der Waals surface area contributed by atoms with Gasteiger partial charge in [-0.1, -0.05) is 51.8 Å². The van der Waals surface area contributed by atoms with Crippen molar-refractivity contribution >= 4 is 62.8 Å².